The van der Waals surface area contributed by atoms with Gasteiger partial charge in [-0.2, -0.15) is 0 Å². The van der Waals surface area contributed by atoms with E-state index in [4.69, 9.17) is 0 Å². The van der Waals surface area contributed by atoms with Gasteiger partial charge in [-0.25, -0.2) is 0 Å². The van der Waals surface area contributed by atoms with E-state index in [9.17, 15) is 5.11 Å². The Morgan fingerprint density at radius 2 is 1.65 bits per heavy atom. The van der Waals surface area contributed by atoms with Crippen molar-refractivity contribution in [3.63, 3.8) is 0 Å². The summed E-state index contributed by atoms with van der Waals surface area (Å²) < 4.78 is 0.934. The third-order valence-electron chi connectivity index (χ3n) is 3.56. The second kappa shape index (κ2) is 5.39. The largest absolute Gasteiger partial charge is 0.384 e. The van der Waals surface area contributed by atoms with Crippen molar-refractivity contribution < 1.29 is 5.11 Å². The highest BCUT2D eigenvalue weighted by atomic mass is 79.9. The fourth-order valence-corrected chi connectivity index (χ4v) is 2.99. The first-order valence-electron chi connectivity index (χ1n) is 6.58. The highest BCUT2D eigenvalue weighted by molar-refractivity contribution is 9.10. The molecule has 0 spiro atoms. The summed E-state index contributed by atoms with van der Waals surface area (Å²) in [5, 5.41) is 13.0. The molecule has 1 unspecified atom stereocenters. The summed E-state index contributed by atoms with van der Waals surface area (Å²) in [6.45, 7) is 2.03. The highest BCUT2D eigenvalue weighted by Gasteiger charge is 2.16. The zero-order valence-electron chi connectivity index (χ0n) is 11.2. The second-order valence-corrected chi connectivity index (χ2v) is 5.85. The van der Waals surface area contributed by atoms with Gasteiger partial charge in [0.25, 0.3) is 0 Å². The van der Waals surface area contributed by atoms with Crippen LogP contribution in [0.25, 0.3) is 10.8 Å². The Balaban J connectivity index is 2.17. The van der Waals surface area contributed by atoms with Crippen molar-refractivity contribution in [2.75, 3.05) is 0 Å². The number of aryl methyl sites for hydroxylation is 1. The molecule has 1 N–H and O–H groups in total. The zero-order chi connectivity index (χ0) is 14.1. The molecule has 1 nitrogen and oxygen atoms in total. The van der Waals surface area contributed by atoms with E-state index in [1.165, 1.54) is 0 Å². The molecule has 0 bridgehead atoms. The fourth-order valence-electron chi connectivity index (χ4n) is 2.53. The van der Waals surface area contributed by atoms with Crippen LogP contribution in [0.1, 0.15) is 22.8 Å². The Kier molecular flexibility index (Phi) is 3.60. The molecule has 2 heteroatoms. The van der Waals surface area contributed by atoms with Crippen LogP contribution in [0.15, 0.2) is 65.1 Å². The molecule has 0 aliphatic carbocycles. The van der Waals surface area contributed by atoms with Gasteiger partial charge >= 0.3 is 0 Å². The van der Waals surface area contributed by atoms with Gasteiger partial charge in [0, 0.05) is 4.47 Å². The number of aliphatic hydroxyl groups excluding tert-OH is 1. The Hall–Kier alpha value is -1.64. The molecule has 20 heavy (non-hydrogen) atoms. The number of rotatable bonds is 2. The van der Waals surface area contributed by atoms with Gasteiger partial charge in [0.15, 0.2) is 0 Å². The first kappa shape index (κ1) is 13.3. The van der Waals surface area contributed by atoms with Gasteiger partial charge < -0.3 is 5.11 Å². The molecule has 0 aliphatic rings. The first-order chi connectivity index (χ1) is 9.66. The van der Waals surface area contributed by atoms with Crippen molar-refractivity contribution in [2.24, 2.45) is 0 Å². The van der Waals surface area contributed by atoms with Gasteiger partial charge in [-0.15, -0.1) is 0 Å². The molecular formula is C18H15BrO. The number of hydrogen-bond acceptors (Lipinski definition) is 1. The molecule has 0 amide bonds. The molecule has 3 aromatic carbocycles. The summed E-state index contributed by atoms with van der Waals surface area (Å²) in [5.41, 5.74) is 2.98. The van der Waals surface area contributed by atoms with Crippen molar-refractivity contribution in [2.45, 2.75) is 13.0 Å². The Morgan fingerprint density at radius 3 is 2.50 bits per heavy atom. The van der Waals surface area contributed by atoms with Crippen LogP contribution in [0.3, 0.4) is 0 Å². The lowest BCUT2D eigenvalue weighted by Crippen LogP contribution is -2.02. The second-order valence-electron chi connectivity index (χ2n) is 5.00. The zero-order valence-corrected chi connectivity index (χ0v) is 12.8. The molecule has 0 aliphatic heterocycles. The first-order valence-corrected chi connectivity index (χ1v) is 7.38. The number of fused-ring (bicyclic) bond motifs is 1. The van der Waals surface area contributed by atoms with Crippen LogP contribution in [0.2, 0.25) is 0 Å². The lowest BCUT2D eigenvalue weighted by atomic mass is 9.95. The standard InChI is InChI=1S/C18H15BrO/c1-12-9-10-17(19)16(11-12)18(20)15-8-4-6-13-5-2-3-7-14(13)15/h2-11,18,20H,1H3. The summed E-state index contributed by atoms with van der Waals surface area (Å²) in [5.74, 6) is 0. The Morgan fingerprint density at radius 1 is 0.900 bits per heavy atom. The summed E-state index contributed by atoms with van der Waals surface area (Å²) in [4.78, 5) is 0. The lowest BCUT2D eigenvalue weighted by molar-refractivity contribution is 0.221. The van der Waals surface area contributed by atoms with Crippen molar-refractivity contribution in [3.05, 3.63) is 81.8 Å². The molecule has 0 saturated heterocycles. The molecule has 3 aromatic rings. The van der Waals surface area contributed by atoms with E-state index < -0.39 is 6.10 Å². The van der Waals surface area contributed by atoms with Crippen molar-refractivity contribution in [1.29, 1.82) is 0 Å². The summed E-state index contributed by atoms with van der Waals surface area (Å²) in [6, 6.07) is 20.2. The van der Waals surface area contributed by atoms with Gasteiger partial charge in [0.2, 0.25) is 0 Å². The van der Waals surface area contributed by atoms with Crippen LogP contribution in [0.4, 0.5) is 0 Å². The average Bonchev–Trinajstić information content (AvgIpc) is 2.48. The van der Waals surface area contributed by atoms with E-state index in [1.54, 1.807) is 0 Å². The molecule has 3 rings (SSSR count). The van der Waals surface area contributed by atoms with E-state index in [0.717, 1.165) is 31.9 Å². The molecule has 0 aromatic heterocycles. The van der Waals surface area contributed by atoms with Crippen LogP contribution in [-0.4, -0.2) is 5.11 Å². The summed E-state index contributed by atoms with van der Waals surface area (Å²) in [6.07, 6.45) is -0.629. The van der Waals surface area contributed by atoms with Crippen molar-refractivity contribution >= 4 is 26.7 Å². The minimum absolute atomic E-state index is 0.629. The SMILES string of the molecule is Cc1ccc(Br)c(C(O)c2cccc3ccccc23)c1. The smallest absolute Gasteiger partial charge is 0.106 e. The topological polar surface area (TPSA) is 20.2 Å². The number of aliphatic hydroxyl groups is 1. The monoisotopic (exact) mass is 326 g/mol. The van der Waals surface area contributed by atoms with Gasteiger partial charge in [-0.3, -0.25) is 0 Å². The van der Waals surface area contributed by atoms with Gasteiger partial charge in [-0.1, -0.05) is 76.1 Å². The van der Waals surface area contributed by atoms with E-state index in [1.807, 2.05) is 49.4 Å². The van der Waals surface area contributed by atoms with Crippen molar-refractivity contribution in [1.82, 2.24) is 0 Å². The normalized spacial score (nSPS) is 12.6. The molecule has 0 fully saturated rings. The fraction of sp³-hybridized carbons (Fsp3) is 0.111. The van der Waals surface area contributed by atoms with E-state index >= 15 is 0 Å². The highest BCUT2D eigenvalue weighted by Crippen LogP contribution is 2.33. The third-order valence-corrected chi connectivity index (χ3v) is 4.29. The molecular weight excluding hydrogens is 312 g/mol. The van der Waals surface area contributed by atoms with Crippen molar-refractivity contribution in [3.8, 4) is 0 Å². The molecule has 0 radical (unpaired) electrons. The Labute approximate surface area is 127 Å². The van der Waals surface area contributed by atoms with Crippen LogP contribution in [-0.2, 0) is 0 Å². The predicted octanol–water partition coefficient (Wildman–Crippen LogP) is 4.99. The van der Waals surface area contributed by atoms with Gasteiger partial charge in [-0.05, 0) is 34.9 Å². The summed E-state index contributed by atoms with van der Waals surface area (Å²) >= 11 is 3.53. The van der Waals surface area contributed by atoms with Crippen LogP contribution in [0.5, 0.6) is 0 Å². The number of hydrogen-bond donors (Lipinski definition) is 1. The number of benzene rings is 3. The minimum atomic E-state index is -0.629. The van der Waals surface area contributed by atoms with E-state index in [-0.39, 0.29) is 0 Å². The maximum Gasteiger partial charge on any atom is 0.106 e. The maximum absolute atomic E-state index is 10.8. The minimum Gasteiger partial charge on any atom is -0.384 e. The molecule has 1 atom stereocenters. The molecule has 0 saturated carbocycles. The number of halogens is 1. The van der Waals surface area contributed by atoms with Crippen LogP contribution in [0, 0.1) is 6.92 Å². The Bertz CT molecular complexity index is 759. The molecule has 100 valence electrons. The van der Waals surface area contributed by atoms with E-state index in [0.29, 0.717) is 0 Å². The summed E-state index contributed by atoms with van der Waals surface area (Å²) in [7, 11) is 0. The maximum atomic E-state index is 10.8. The predicted molar refractivity (Wildman–Crippen MR) is 86.9 cm³/mol. The molecule has 0 heterocycles. The van der Waals surface area contributed by atoms with Gasteiger partial charge in [0.1, 0.15) is 6.10 Å². The van der Waals surface area contributed by atoms with Gasteiger partial charge in [0.05, 0.1) is 0 Å². The quantitative estimate of drug-likeness (QED) is 0.703. The lowest BCUT2D eigenvalue weighted by Gasteiger charge is -2.16. The van der Waals surface area contributed by atoms with E-state index in [2.05, 4.69) is 34.1 Å². The third kappa shape index (κ3) is 2.37. The van der Waals surface area contributed by atoms with Crippen LogP contribution < -0.4 is 0 Å². The average molecular weight is 327 g/mol. The van der Waals surface area contributed by atoms with Crippen LogP contribution >= 0.6 is 15.9 Å².